The fourth-order valence-corrected chi connectivity index (χ4v) is 5.73. The minimum atomic E-state index is -0.706. The number of hydrogen-bond donors (Lipinski definition) is 0. The molecule has 1 aromatic rings. The molecule has 0 aromatic heterocycles. The second kappa shape index (κ2) is 4.90. The second-order valence-electron chi connectivity index (χ2n) is 5.26. The Morgan fingerprint density at radius 1 is 1.20 bits per heavy atom. The molecule has 0 spiro atoms. The first-order valence-corrected chi connectivity index (χ1v) is 8.43. The van der Waals surface area contributed by atoms with Crippen LogP contribution in [0, 0.1) is 5.92 Å². The zero-order chi connectivity index (χ0) is 14.3. The van der Waals surface area contributed by atoms with Crippen LogP contribution in [-0.2, 0) is 19.1 Å². The molecule has 2 aliphatic heterocycles. The summed E-state index contributed by atoms with van der Waals surface area (Å²) >= 11 is -0.0911. The average Bonchev–Trinajstić information content (AvgIpc) is 2.89. The monoisotopic (exact) mass is 340 g/mol. The molecule has 0 N–H and O–H groups in total. The zero-order valence-electron chi connectivity index (χ0n) is 11.4. The van der Waals surface area contributed by atoms with E-state index in [-0.39, 0.29) is 38.9 Å². The van der Waals surface area contributed by atoms with E-state index in [0.29, 0.717) is 6.42 Å². The third kappa shape index (κ3) is 1.97. The molecule has 3 rings (SSSR count). The molecule has 4 nitrogen and oxygen atoms in total. The van der Waals surface area contributed by atoms with Crippen LogP contribution in [0.4, 0.5) is 0 Å². The van der Waals surface area contributed by atoms with Crippen LogP contribution in [0.2, 0.25) is 4.31 Å². The van der Waals surface area contributed by atoms with Gasteiger partial charge in [0.15, 0.2) is 0 Å². The number of ether oxygens (including phenoxy) is 2. The summed E-state index contributed by atoms with van der Waals surface area (Å²) in [6.45, 7) is 3.89. The number of benzene rings is 1. The molecule has 0 aliphatic carbocycles. The second-order valence-corrected chi connectivity index (χ2v) is 8.45. The Kier molecular flexibility index (Phi) is 3.35. The van der Waals surface area contributed by atoms with E-state index in [0.717, 1.165) is 4.46 Å². The van der Waals surface area contributed by atoms with Crippen molar-refractivity contribution in [3.8, 4) is 0 Å². The van der Waals surface area contributed by atoms with Crippen molar-refractivity contribution in [3.63, 3.8) is 0 Å². The fourth-order valence-electron chi connectivity index (χ4n) is 2.94. The van der Waals surface area contributed by atoms with Gasteiger partial charge in [0.2, 0.25) is 0 Å². The molecule has 2 heterocycles. The van der Waals surface area contributed by atoms with E-state index < -0.39 is 10.4 Å². The normalized spacial score (nSPS) is 35.6. The standard InChI is InChI=1S/C15H16O4Se/c1-3-10-11-12(13(16)18-10)19-14(17)15(11,2)20-9-7-5-4-6-8-9/h4-8,10-12H,3H2,1-2H3/t10-,11-,12-,15?/m0/s1. The van der Waals surface area contributed by atoms with Crippen LogP contribution in [-0.4, -0.2) is 39.1 Å². The van der Waals surface area contributed by atoms with Gasteiger partial charge in [-0.15, -0.1) is 0 Å². The van der Waals surface area contributed by atoms with Crippen molar-refractivity contribution in [2.45, 2.75) is 36.8 Å². The van der Waals surface area contributed by atoms with Crippen molar-refractivity contribution < 1.29 is 19.1 Å². The molecule has 5 heteroatoms. The predicted octanol–water partition coefficient (Wildman–Crippen LogP) is 1.07. The zero-order valence-corrected chi connectivity index (χ0v) is 13.1. The Labute approximate surface area is 124 Å². The Bertz CT molecular complexity index is 544. The summed E-state index contributed by atoms with van der Waals surface area (Å²) < 4.78 is 11.2. The summed E-state index contributed by atoms with van der Waals surface area (Å²) in [4.78, 5) is 24.1. The summed E-state index contributed by atoms with van der Waals surface area (Å²) in [5.41, 5.74) is 0. The molecule has 20 heavy (non-hydrogen) atoms. The van der Waals surface area contributed by atoms with Crippen molar-refractivity contribution in [2.24, 2.45) is 5.92 Å². The molecule has 0 amide bonds. The Balaban J connectivity index is 1.94. The Morgan fingerprint density at radius 3 is 2.55 bits per heavy atom. The van der Waals surface area contributed by atoms with Crippen LogP contribution < -0.4 is 4.46 Å². The SMILES string of the molecule is CC[C@@H]1OC(=O)[C@H]2OC(=O)C(C)([Se]c3ccccc3)[C@@H]12. The number of carbonyl (C=O) groups is 2. The first-order valence-electron chi connectivity index (χ1n) is 6.72. The van der Waals surface area contributed by atoms with Crippen LogP contribution in [0.15, 0.2) is 30.3 Å². The topological polar surface area (TPSA) is 52.6 Å². The molecular weight excluding hydrogens is 323 g/mol. The first kappa shape index (κ1) is 13.7. The van der Waals surface area contributed by atoms with Crippen LogP contribution in [0.3, 0.4) is 0 Å². The van der Waals surface area contributed by atoms with Gasteiger partial charge in [-0.05, 0) is 0 Å². The third-order valence-electron chi connectivity index (χ3n) is 3.98. The number of esters is 2. The number of rotatable bonds is 3. The summed E-state index contributed by atoms with van der Waals surface area (Å²) in [5, 5.41) is 0. The van der Waals surface area contributed by atoms with Crippen molar-refractivity contribution >= 4 is 31.4 Å². The number of hydrogen-bond acceptors (Lipinski definition) is 4. The molecule has 2 aliphatic rings. The van der Waals surface area contributed by atoms with Crippen LogP contribution in [0.5, 0.6) is 0 Å². The van der Waals surface area contributed by atoms with E-state index >= 15 is 0 Å². The van der Waals surface area contributed by atoms with Gasteiger partial charge in [0.1, 0.15) is 0 Å². The molecule has 1 unspecified atom stereocenters. The quantitative estimate of drug-likeness (QED) is 0.611. The molecule has 1 aromatic carbocycles. The molecule has 2 saturated heterocycles. The molecule has 0 saturated carbocycles. The van der Waals surface area contributed by atoms with Crippen molar-refractivity contribution in [1.82, 2.24) is 0 Å². The molecule has 2 fully saturated rings. The van der Waals surface area contributed by atoms with Crippen molar-refractivity contribution in [1.29, 1.82) is 0 Å². The summed E-state index contributed by atoms with van der Waals surface area (Å²) in [6, 6.07) is 9.92. The molecular formula is C15H16O4Se. The van der Waals surface area contributed by atoms with Gasteiger partial charge in [-0.3, -0.25) is 0 Å². The van der Waals surface area contributed by atoms with Gasteiger partial charge in [-0.2, -0.15) is 0 Å². The number of carbonyl (C=O) groups excluding carboxylic acids is 2. The maximum atomic E-state index is 12.3. The number of fused-ring (bicyclic) bond motifs is 1. The van der Waals surface area contributed by atoms with Gasteiger partial charge in [-0.1, -0.05) is 0 Å². The summed E-state index contributed by atoms with van der Waals surface area (Å²) in [7, 11) is 0. The van der Waals surface area contributed by atoms with E-state index in [4.69, 9.17) is 9.47 Å². The fraction of sp³-hybridized carbons (Fsp3) is 0.467. The van der Waals surface area contributed by atoms with Crippen LogP contribution in [0.25, 0.3) is 0 Å². The predicted molar refractivity (Wildman–Crippen MR) is 73.7 cm³/mol. The number of cyclic esters (lactones) is 1. The molecule has 0 radical (unpaired) electrons. The molecule has 106 valence electrons. The van der Waals surface area contributed by atoms with Crippen LogP contribution in [0.1, 0.15) is 20.3 Å². The van der Waals surface area contributed by atoms with E-state index in [2.05, 4.69) is 0 Å². The molecule has 0 bridgehead atoms. The third-order valence-corrected chi connectivity index (χ3v) is 6.85. The Hall–Kier alpha value is -1.32. The van der Waals surface area contributed by atoms with E-state index in [1.54, 1.807) is 0 Å². The van der Waals surface area contributed by atoms with Crippen molar-refractivity contribution in [3.05, 3.63) is 30.3 Å². The van der Waals surface area contributed by atoms with E-state index in [9.17, 15) is 9.59 Å². The summed E-state index contributed by atoms with van der Waals surface area (Å²) in [5.74, 6) is -0.804. The van der Waals surface area contributed by atoms with Gasteiger partial charge < -0.3 is 0 Å². The minimum absolute atomic E-state index is 0.0911. The van der Waals surface area contributed by atoms with Crippen LogP contribution >= 0.6 is 0 Å². The van der Waals surface area contributed by atoms with Gasteiger partial charge >= 0.3 is 123 Å². The van der Waals surface area contributed by atoms with E-state index in [1.165, 1.54) is 0 Å². The molecule has 4 atom stereocenters. The van der Waals surface area contributed by atoms with Crippen molar-refractivity contribution in [2.75, 3.05) is 0 Å². The van der Waals surface area contributed by atoms with Gasteiger partial charge in [0.25, 0.3) is 0 Å². The first-order chi connectivity index (χ1) is 9.56. The Morgan fingerprint density at radius 2 is 1.90 bits per heavy atom. The average molecular weight is 339 g/mol. The van der Waals surface area contributed by atoms with E-state index in [1.807, 2.05) is 44.2 Å². The summed E-state index contributed by atoms with van der Waals surface area (Å²) in [6.07, 6.45) is -0.207. The van der Waals surface area contributed by atoms with Gasteiger partial charge in [0, 0.05) is 0 Å². The maximum absolute atomic E-state index is 12.3. The van der Waals surface area contributed by atoms with Gasteiger partial charge in [0.05, 0.1) is 0 Å². The van der Waals surface area contributed by atoms with Gasteiger partial charge in [-0.25, -0.2) is 0 Å².